The number of ether oxygens (including phenoxy) is 1. The zero-order valence-corrected chi connectivity index (χ0v) is 10.3. The van der Waals surface area contributed by atoms with Crippen molar-refractivity contribution in [2.24, 2.45) is 0 Å². The third-order valence-electron chi connectivity index (χ3n) is 2.05. The molecule has 3 nitrogen and oxygen atoms in total. The number of halogens is 4. The Balaban J connectivity index is 3.07. The Kier molecular flexibility index (Phi) is 5.23. The average Bonchev–Trinajstić information content (AvgIpc) is 2.27. The Labute approximate surface area is 112 Å². The largest absolute Gasteiger partial charge is 0.573 e. The van der Waals surface area contributed by atoms with Crippen LogP contribution in [0.1, 0.15) is 22.3 Å². The highest BCUT2D eigenvalue weighted by atomic mass is 35.5. The fraction of sp³-hybridized carbons (Fsp3) is 0.250. The van der Waals surface area contributed by atoms with Crippen molar-refractivity contribution >= 4 is 23.6 Å². The van der Waals surface area contributed by atoms with Gasteiger partial charge in [-0.2, -0.15) is 0 Å². The molecule has 1 N–H and O–H groups in total. The Morgan fingerprint density at radius 2 is 2.11 bits per heavy atom. The van der Waals surface area contributed by atoms with E-state index in [0.29, 0.717) is 17.9 Å². The average molecular weight is 295 g/mol. The van der Waals surface area contributed by atoms with E-state index in [-0.39, 0.29) is 0 Å². The standard InChI is InChI=1S/C12H10ClF3O3/c13-6-2-1-3-8-4-5-9(11(17)18)10(7-8)19-12(14,15)16/h1,3-5,7H,2,6H2,(H,17,18). The number of carboxylic acid groups (broad SMARTS) is 1. The lowest BCUT2D eigenvalue weighted by molar-refractivity contribution is -0.274. The molecule has 104 valence electrons. The number of rotatable bonds is 5. The molecule has 0 amide bonds. The molecule has 1 aromatic carbocycles. The van der Waals surface area contributed by atoms with E-state index in [4.69, 9.17) is 16.7 Å². The molecule has 0 fully saturated rings. The molecular weight excluding hydrogens is 285 g/mol. The first-order chi connectivity index (χ1) is 8.83. The first-order valence-corrected chi connectivity index (χ1v) is 5.72. The van der Waals surface area contributed by atoms with Gasteiger partial charge in [-0.3, -0.25) is 0 Å². The maximum Gasteiger partial charge on any atom is 0.573 e. The van der Waals surface area contributed by atoms with Crippen molar-refractivity contribution in [2.45, 2.75) is 12.8 Å². The van der Waals surface area contributed by atoms with Gasteiger partial charge in [-0.25, -0.2) is 4.79 Å². The van der Waals surface area contributed by atoms with Crippen LogP contribution in [-0.4, -0.2) is 23.3 Å². The summed E-state index contributed by atoms with van der Waals surface area (Å²) < 4.78 is 40.2. The first-order valence-electron chi connectivity index (χ1n) is 5.19. The molecule has 0 saturated carbocycles. The zero-order chi connectivity index (χ0) is 14.5. The lowest BCUT2D eigenvalue weighted by Gasteiger charge is -2.11. The Morgan fingerprint density at radius 3 is 2.63 bits per heavy atom. The van der Waals surface area contributed by atoms with E-state index in [1.165, 1.54) is 12.1 Å². The smallest absolute Gasteiger partial charge is 0.478 e. The molecule has 0 radical (unpaired) electrons. The van der Waals surface area contributed by atoms with Crippen LogP contribution in [0.3, 0.4) is 0 Å². The fourth-order valence-electron chi connectivity index (χ4n) is 1.31. The summed E-state index contributed by atoms with van der Waals surface area (Å²) in [4.78, 5) is 10.8. The highest BCUT2D eigenvalue weighted by Gasteiger charge is 2.33. The lowest BCUT2D eigenvalue weighted by Crippen LogP contribution is -2.19. The van der Waals surface area contributed by atoms with Gasteiger partial charge in [-0.05, 0) is 24.1 Å². The summed E-state index contributed by atoms with van der Waals surface area (Å²) in [7, 11) is 0. The van der Waals surface area contributed by atoms with Crippen LogP contribution >= 0.6 is 11.6 Å². The summed E-state index contributed by atoms with van der Waals surface area (Å²) in [5.41, 5.74) is -0.152. The minimum Gasteiger partial charge on any atom is -0.478 e. The van der Waals surface area contributed by atoms with Gasteiger partial charge in [0.2, 0.25) is 0 Å². The van der Waals surface area contributed by atoms with E-state index < -0.39 is 23.6 Å². The summed E-state index contributed by atoms with van der Waals surface area (Å²) >= 11 is 5.45. The molecule has 19 heavy (non-hydrogen) atoms. The SMILES string of the molecule is O=C(O)c1ccc(C=CCCCl)cc1OC(F)(F)F. The molecule has 0 aliphatic rings. The second-order valence-electron chi connectivity index (χ2n) is 3.49. The number of carbonyl (C=O) groups is 1. The van der Waals surface area contributed by atoms with E-state index >= 15 is 0 Å². The van der Waals surface area contributed by atoms with Crippen molar-refractivity contribution < 1.29 is 27.8 Å². The van der Waals surface area contributed by atoms with Crippen LogP contribution in [0.2, 0.25) is 0 Å². The van der Waals surface area contributed by atoms with Crippen LogP contribution in [-0.2, 0) is 0 Å². The van der Waals surface area contributed by atoms with Gasteiger partial charge >= 0.3 is 12.3 Å². The molecule has 1 rings (SSSR count). The maximum atomic E-state index is 12.2. The van der Waals surface area contributed by atoms with Crippen molar-refractivity contribution in [1.29, 1.82) is 0 Å². The Hall–Kier alpha value is -1.69. The van der Waals surface area contributed by atoms with Gasteiger partial charge in [0.15, 0.2) is 0 Å². The van der Waals surface area contributed by atoms with E-state index in [9.17, 15) is 18.0 Å². The van der Waals surface area contributed by atoms with Crippen molar-refractivity contribution in [3.8, 4) is 5.75 Å². The van der Waals surface area contributed by atoms with Gasteiger partial charge in [-0.15, -0.1) is 24.8 Å². The molecule has 0 aromatic heterocycles. The van der Waals surface area contributed by atoms with Crippen molar-refractivity contribution in [3.63, 3.8) is 0 Å². The minimum atomic E-state index is -4.94. The van der Waals surface area contributed by atoms with Gasteiger partial charge in [0.1, 0.15) is 11.3 Å². The summed E-state index contributed by atoms with van der Waals surface area (Å²) in [6.45, 7) is 0. The van der Waals surface area contributed by atoms with Gasteiger partial charge in [0.25, 0.3) is 0 Å². The molecular formula is C12H10ClF3O3. The summed E-state index contributed by atoms with van der Waals surface area (Å²) in [6.07, 6.45) is -1.18. The van der Waals surface area contributed by atoms with E-state index in [2.05, 4.69) is 4.74 Å². The highest BCUT2D eigenvalue weighted by Crippen LogP contribution is 2.28. The number of aromatic carboxylic acids is 1. The number of allylic oxidation sites excluding steroid dienone is 1. The zero-order valence-electron chi connectivity index (χ0n) is 9.58. The summed E-state index contributed by atoms with van der Waals surface area (Å²) in [5.74, 6) is -1.85. The summed E-state index contributed by atoms with van der Waals surface area (Å²) in [5, 5.41) is 8.78. The van der Waals surface area contributed by atoms with Crippen LogP contribution in [0.15, 0.2) is 24.3 Å². The lowest BCUT2D eigenvalue weighted by atomic mass is 10.1. The number of benzene rings is 1. The Bertz CT molecular complexity index is 484. The molecule has 7 heteroatoms. The molecule has 0 unspecified atom stereocenters. The van der Waals surface area contributed by atoms with Crippen LogP contribution < -0.4 is 4.74 Å². The van der Waals surface area contributed by atoms with Gasteiger partial charge in [-0.1, -0.05) is 18.2 Å². The molecule has 0 saturated heterocycles. The van der Waals surface area contributed by atoms with Crippen LogP contribution in [0.4, 0.5) is 13.2 Å². The third kappa shape index (κ3) is 5.21. The predicted octanol–water partition coefficient (Wildman–Crippen LogP) is 3.93. The number of carboxylic acids is 1. The molecule has 1 aromatic rings. The highest BCUT2D eigenvalue weighted by molar-refractivity contribution is 6.17. The van der Waals surface area contributed by atoms with Crippen molar-refractivity contribution in [3.05, 3.63) is 35.4 Å². The molecule has 0 heterocycles. The quantitative estimate of drug-likeness (QED) is 0.837. The number of hydrogen-bond donors (Lipinski definition) is 1. The molecule has 0 atom stereocenters. The first kappa shape index (κ1) is 15.4. The third-order valence-corrected chi connectivity index (χ3v) is 2.27. The summed E-state index contributed by atoms with van der Waals surface area (Å²) in [6, 6.07) is 3.46. The Morgan fingerprint density at radius 1 is 1.42 bits per heavy atom. The van der Waals surface area contributed by atoms with Crippen molar-refractivity contribution in [1.82, 2.24) is 0 Å². The predicted molar refractivity (Wildman–Crippen MR) is 64.5 cm³/mol. The van der Waals surface area contributed by atoms with Crippen LogP contribution in [0, 0.1) is 0 Å². The van der Waals surface area contributed by atoms with Gasteiger partial charge < -0.3 is 9.84 Å². The fourth-order valence-corrected chi connectivity index (χ4v) is 1.44. The van der Waals surface area contributed by atoms with Crippen LogP contribution in [0.25, 0.3) is 6.08 Å². The monoisotopic (exact) mass is 294 g/mol. The minimum absolute atomic E-state index is 0.385. The second kappa shape index (κ2) is 6.47. The van der Waals surface area contributed by atoms with Crippen molar-refractivity contribution in [2.75, 3.05) is 5.88 Å². The molecule has 0 aliphatic carbocycles. The van der Waals surface area contributed by atoms with Crippen LogP contribution in [0.5, 0.6) is 5.75 Å². The number of hydrogen-bond acceptors (Lipinski definition) is 2. The number of alkyl halides is 4. The topological polar surface area (TPSA) is 46.5 Å². The second-order valence-corrected chi connectivity index (χ2v) is 3.87. The van der Waals surface area contributed by atoms with Gasteiger partial charge in [0, 0.05) is 5.88 Å². The molecule has 0 aliphatic heterocycles. The van der Waals surface area contributed by atoms with E-state index in [0.717, 1.165) is 12.1 Å². The molecule has 0 spiro atoms. The molecule has 0 bridgehead atoms. The van der Waals surface area contributed by atoms with E-state index in [1.54, 1.807) is 6.08 Å². The van der Waals surface area contributed by atoms with Gasteiger partial charge in [0.05, 0.1) is 0 Å². The maximum absolute atomic E-state index is 12.2. The normalized spacial score (nSPS) is 11.8. The van der Waals surface area contributed by atoms with E-state index in [1.807, 2.05) is 0 Å².